The second kappa shape index (κ2) is 10.0. The van der Waals surface area contributed by atoms with Crippen LogP contribution in [0.15, 0.2) is 23.1 Å². The minimum Gasteiger partial charge on any atom is -0.325 e. The Hall–Kier alpha value is -2.11. The molecule has 4 N–H and O–H groups in total. The maximum atomic E-state index is 12.6. The molecule has 0 aromatic heterocycles. The zero-order valence-corrected chi connectivity index (χ0v) is 18.0. The number of benzene rings is 1. The molecule has 1 aliphatic carbocycles. The third-order valence-electron chi connectivity index (χ3n) is 5.77. The van der Waals surface area contributed by atoms with Crippen LogP contribution >= 0.6 is 0 Å². The fourth-order valence-electron chi connectivity index (χ4n) is 4.12. The van der Waals surface area contributed by atoms with Crippen molar-refractivity contribution in [3.63, 3.8) is 0 Å². The predicted molar refractivity (Wildman–Crippen MR) is 112 cm³/mol. The number of alkyl halides is 2. The third-order valence-corrected chi connectivity index (χ3v) is 7.24. The van der Waals surface area contributed by atoms with Crippen molar-refractivity contribution in [3.8, 4) is 0 Å². The largest absolute Gasteiger partial charge is 0.325 e. The van der Waals surface area contributed by atoms with E-state index in [9.17, 15) is 26.8 Å². The van der Waals surface area contributed by atoms with Gasteiger partial charge in [0.15, 0.2) is 0 Å². The zero-order valence-electron chi connectivity index (χ0n) is 17.1. The molecule has 0 unspecified atom stereocenters. The average molecular weight is 459 g/mol. The standard InChI is InChI=1S/C20H28F2N4O4S/c21-17(22)12-24-31(29,30)16-9-8-14(11-15(16)26-10-4-7-18(26)27)25-20(28)19(23)13-5-2-1-3-6-13/h8-9,11,13,17,19,24H,1-7,10,12,23H2,(H,25,28)/t19-/m0/s1. The van der Waals surface area contributed by atoms with Gasteiger partial charge in [0.2, 0.25) is 21.8 Å². The Morgan fingerprint density at radius 3 is 2.52 bits per heavy atom. The molecule has 3 rings (SSSR count). The van der Waals surface area contributed by atoms with Crippen LogP contribution < -0.4 is 20.7 Å². The Bertz CT molecular complexity index is 920. The van der Waals surface area contributed by atoms with Crippen molar-refractivity contribution in [2.75, 3.05) is 23.3 Å². The Morgan fingerprint density at radius 1 is 1.19 bits per heavy atom. The van der Waals surface area contributed by atoms with E-state index in [1.165, 1.54) is 23.1 Å². The Balaban J connectivity index is 1.85. The first-order valence-corrected chi connectivity index (χ1v) is 12.0. The zero-order chi connectivity index (χ0) is 22.6. The predicted octanol–water partition coefficient (Wildman–Crippen LogP) is 2.20. The van der Waals surface area contributed by atoms with Crippen molar-refractivity contribution in [3.05, 3.63) is 18.2 Å². The fourth-order valence-corrected chi connectivity index (χ4v) is 5.31. The van der Waals surface area contributed by atoms with Gasteiger partial charge in [0.1, 0.15) is 4.90 Å². The van der Waals surface area contributed by atoms with Crippen molar-refractivity contribution in [1.82, 2.24) is 4.72 Å². The van der Waals surface area contributed by atoms with Crippen molar-refractivity contribution in [1.29, 1.82) is 0 Å². The van der Waals surface area contributed by atoms with Crippen LogP contribution in [0.4, 0.5) is 20.2 Å². The van der Waals surface area contributed by atoms with Crippen LogP contribution in [0.5, 0.6) is 0 Å². The summed E-state index contributed by atoms with van der Waals surface area (Å²) >= 11 is 0. The lowest BCUT2D eigenvalue weighted by Crippen LogP contribution is -2.42. The van der Waals surface area contributed by atoms with Crippen molar-refractivity contribution in [2.45, 2.75) is 62.3 Å². The minimum absolute atomic E-state index is 0.0494. The van der Waals surface area contributed by atoms with Gasteiger partial charge in [0.25, 0.3) is 6.43 Å². The molecular formula is C20H28F2N4O4S. The molecule has 1 aliphatic heterocycles. The summed E-state index contributed by atoms with van der Waals surface area (Å²) in [6.45, 7) is -0.736. The number of carbonyl (C=O) groups excluding carboxylic acids is 2. The molecule has 1 saturated carbocycles. The summed E-state index contributed by atoms with van der Waals surface area (Å²) in [5.74, 6) is -0.559. The minimum atomic E-state index is -4.29. The van der Waals surface area contributed by atoms with Crippen LogP contribution in [-0.2, 0) is 19.6 Å². The second-order valence-electron chi connectivity index (χ2n) is 7.99. The number of anilines is 2. The summed E-state index contributed by atoms with van der Waals surface area (Å²) in [7, 11) is -4.29. The number of amides is 2. The van der Waals surface area contributed by atoms with E-state index in [1.54, 1.807) is 0 Å². The molecule has 0 spiro atoms. The highest BCUT2D eigenvalue weighted by Gasteiger charge is 2.30. The van der Waals surface area contributed by atoms with E-state index in [0.717, 1.165) is 32.1 Å². The molecule has 1 aromatic carbocycles. The van der Waals surface area contributed by atoms with Gasteiger partial charge in [-0.05, 0) is 43.4 Å². The number of hydrogen-bond acceptors (Lipinski definition) is 5. The third kappa shape index (κ3) is 5.78. The maximum absolute atomic E-state index is 12.6. The smallest absolute Gasteiger partial charge is 0.251 e. The van der Waals surface area contributed by atoms with Gasteiger partial charge >= 0.3 is 0 Å². The molecule has 2 aliphatic rings. The van der Waals surface area contributed by atoms with E-state index in [1.807, 2.05) is 4.72 Å². The number of hydrogen-bond donors (Lipinski definition) is 3. The van der Waals surface area contributed by atoms with Gasteiger partial charge in [-0.2, -0.15) is 0 Å². The molecule has 2 amide bonds. The molecule has 2 fully saturated rings. The van der Waals surface area contributed by atoms with Crippen molar-refractivity contribution in [2.24, 2.45) is 11.7 Å². The van der Waals surface area contributed by atoms with Crippen molar-refractivity contribution >= 4 is 33.2 Å². The van der Waals surface area contributed by atoms with E-state index >= 15 is 0 Å². The summed E-state index contributed by atoms with van der Waals surface area (Å²) in [6.07, 6.45) is 2.92. The van der Waals surface area contributed by atoms with Gasteiger partial charge in [-0.15, -0.1) is 0 Å². The number of rotatable bonds is 8. The maximum Gasteiger partial charge on any atom is 0.251 e. The van der Waals surface area contributed by atoms with Crippen molar-refractivity contribution < 1.29 is 26.8 Å². The first-order chi connectivity index (χ1) is 14.7. The van der Waals surface area contributed by atoms with Crippen LogP contribution in [0.3, 0.4) is 0 Å². The Morgan fingerprint density at radius 2 is 1.90 bits per heavy atom. The SMILES string of the molecule is N[C@H](C(=O)Nc1ccc(S(=O)(=O)NCC(F)F)c(N2CCCC2=O)c1)C1CCCCC1. The van der Waals surface area contributed by atoms with Crippen LogP contribution in [0.1, 0.15) is 44.9 Å². The van der Waals surface area contributed by atoms with Gasteiger partial charge in [0.05, 0.1) is 18.3 Å². The second-order valence-corrected chi connectivity index (χ2v) is 9.72. The number of sulfonamides is 1. The normalized spacial score (nSPS) is 19.1. The highest BCUT2D eigenvalue weighted by Crippen LogP contribution is 2.32. The summed E-state index contributed by atoms with van der Waals surface area (Å²) < 4.78 is 52.1. The molecule has 8 nitrogen and oxygen atoms in total. The average Bonchev–Trinajstić information content (AvgIpc) is 3.18. The molecule has 0 radical (unpaired) electrons. The molecule has 0 bridgehead atoms. The lowest BCUT2D eigenvalue weighted by molar-refractivity contribution is -0.119. The lowest BCUT2D eigenvalue weighted by atomic mass is 9.84. The van der Waals surface area contributed by atoms with Crippen LogP contribution in [0, 0.1) is 5.92 Å². The molecule has 1 atom stereocenters. The number of nitrogens with one attached hydrogen (secondary N) is 2. The van der Waals surface area contributed by atoms with Crippen LogP contribution in [-0.4, -0.2) is 45.8 Å². The Labute approximate surface area is 180 Å². The number of halogens is 2. The van der Waals surface area contributed by atoms with Gasteiger partial charge in [-0.25, -0.2) is 21.9 Å². The first-order valence-electron chi connectivity index (χ1n) is 10.5. The number of nitrogens with two attached hydrogens (primary N) is 1. The molecule has 31 heavy (non-hydrogen) atoms. The van der Waals surface area contributed by atoms with E-state index in [2.05, 4.69) is 5.32 Å². The highest BCUT2D eigenvalue weighted by atomic mass is 32.2. The Kier molecular flexibility index (Phi) is 7.60. The fraction of sp³-hybridized carbons (Fsp3) is 0.600. The highest BCUT2D eigenvalue weighted by molar-refractivity contribution is 7.89. The lowest BCUT2D eigenvalue weighted by Gasteiger charge is -2.27. The molecular weight excluding hydrogens is 430 g/mol. The van der Waals surface area contributed by atoms with Gasteiger partial charge in [-0.1, -0.05) is 19.3 Å². The van der Waals surface area contributed by atoms with Gasteiger partial charge in [-0.3, -0.25) is 9.59 Å². The van der Waals surface area contributed by atoms with E-state index < -0.39 is 29.0 Å². The summed E-state index contributed by atoms with van der Waals surface area (Å²) in [5, 5.41) is 2.71. The molecule has 11 heteroatoms. The quantitative estimate of drug-likeness (QED) is 0.551. The topological polar surface area (TPSA) is 122 Å². The van der Waals surface area contributed by atoms with Crippen LogP contribution in [0.2, 0.25) is 0 Å². The van der Waals surface area contributed by atoms with E-state index in [0.29, 0.717) is 18.7 Å². The molecule has 172 valence electrons. The summed E-state index contributed by atoms with van der Waals surface area (Å²) in [5.41, 5.74) is 6.48. The van der Waals surface area contributed by atoms with E-state index in [-0.39, 0.29) is 34.7 Å². The van der Waals surface area contributed by atoms with Crippen LogP contribution in [0.25, 0.3) is 0 Å². The summed E-state index contributed by atoms with van der Waals surface area (Å²) in [4.78, 5) is 25.9. The molecule has 1 heterocycles. The van der Waals surface area contributed by atoms with Gasteiger partial charge < -0.3 is 16.0 Å². The van der Waals surface area contributed by atoms with Gasteiger partial charge in [0, 0.05) is 18.7 Å². The summed E-state index contributed by atoms with van der Waals surface area (Å²) in [6, 6.07) is 3.27. The molecule has 1 saturated heterocycles. The van der Waals surface area contributed by atoms with E-state index in [4.69, 9.17) is 5.73 Å². The number of nitrogens with zero attached hydrogens (tertiary/aromatic N) is 1. The number of carbonyl (C=O) groups is 2. The monoisotopic (exact) mass is 458 g/mol. The first kappa shape index (κ1) is 23.6. The molecule has 1 aromatic rings.